The van der Waals surface area contributed by atoms with E-state index in [0.717, 1.165) is 54.5 Å². The molecule has 0 radical (unpaired) electrons. The summed E-state index contributed by atoms with van der Waals surface area (Å²) in [6.07, 6.45) is 6.15. The highest BCUT2D eigenvalue weighted by molar-refractivity contribution is 5.72. The van der Waals surface area contributed by atoms with Gasteiger partial charge in [0.25, 0.3) is 6.43 Å². The highest BCUT2D eigenvalue weighted by Gasteiger charge is 2.35. The van der Waals surface area contributed by atoms with Gasteiger partial charge in [-0.15, -0.1) is 0 Å². The Kier molecular flexibility index (Phi) is 12.2. The lowest BCUT2D eigenvalue weighted by molar-refractivity contribution is -0.943. The Morgan fingerprint density at radius 3 is 2.26 bits per heavy atom. The van der Waals surface area contributed by atoms with Crippen molar-refractivity contribution < 1.29 is 27.9 Å². The molecule has 1 aliphatic rings. The van der Waals surface area contributed by atoms with Crippen LogP contribution >= 0.6 is 0 Å². The minimum atomic E-state index is -2.59. The fourth-order valence-corrected chi connectivity index (χ4v) is 6.86. The number of alkyl halides is 2. The van der Waals surface area contributed by atoms with E-state index in [1.807, 2.05) is 19.1 Å². The number of ether oxygens (including phenoxy) is 1. The first-order chi connectivity index (χ1) is 22.0. The number of quaternary nitrogens is 1. The van der Waals surface area contributed by atoms with Crippen molar-refractivity contribution in [2.24, 2.45) is 11.8 Å². The molecule has 1 saturated carbocycles. The van der Waals surface area contributed by atoms with Crippen LogP contribution in [0.25, 0.3) is 11.3 Å². The Morgan fingerprint density at radius 1 is 1.00 bits per heavy atom. The second kappa shape index (κ2) is 15.9. The number of esters is 1. The highest BCUT2D eigenvalue weighted by atomic mass is 19.3. The number of carbonyl (C=O) groups is 1. The van der Waals surface area contributed by atoms with E-state index in [4.69, 9.17) is 4.74 Å². The number of nitrogens with one attached hydrogen (secondary N) is 1. The highest BCUT2D eigenvalue weighted by Crippen LogP contribution is 2.39. The largest absolute Gasteiger partial charge is 0.845 e. The molecule has 0 aromatic carbocycles. The third-order valence-electron chi connectivity index (χ3n) is 9.24. The first-order valence-electron chi connectivity index (χ1n) is 16.7. The van der Waals surface area contributed by atoms with Crippen LogP contribution in [-0.4, -0.2) is 51.8 Å². The summed E-state index contributed by atoms with van der Waals surface area (Å²) in [5, 5.41) is 17.0. The summed E-state index contributed by atoms with van der Waals surface area (Å²) in [6.45, 7) is 13.6. The van der Waals surface area contributed by atoms with E-state index in [-0.39, 0.29) is 29.2 Å². The van der Waals surface area contributed by atoms with Gasteiger partial charge in [0.15, 0.2) is 0 Å². The van der Waals surface area contributed by atoms with Crippen LogP contribution in [0.5, 0.6) is 0 Å². The van der Waals surface area contributed by atoms with Gasteiger partial charge in [0.1, 0.15) is 11.6 Å². The second-order valence-electron chi connectivity index (χ2n) is 13.0. The molecule has 10 heteroatoms. The number of anilines is 2. The third kappa shape index (κ3) is 8.85. The molecule has 0 amide bonds. The lowest BCUT2D eigenvalue weighted by Crippen LogP contribution is -2.52. The van der Waals surface area contributed by atoms with Crippen LogP contribution in [0.1, 0.15) is 95.9 Å². The second-order valence-corrected chi connectivity index (χ2v) is 13.0. The van der Waals surface area contributed by atoms with Gasteiger partial charge in [0.05, 0.1) is 31.2 Å². The molecule has 1 atom stereocenters. The topological polar surface area (TPSA) is 100 Å². The van der Waals surface area contributed by atoms with E-state index in [9.17, 15) is 18.7 Å². The van der Waals surface area contributed by atoms with Crippen molar-refractivity contribution in [2.75, 3.05) is 31.7 Å². The maximum absolute atomic E-state index is 14.0. The number of pyridine rings is 3. The molecule has 1 N–H and O–H groups in total. The van der Waals surface area contributed by atoms with Gasteiger partial charge >= 0.3 is 5.97 Å². The summed E-state index contributed by atoms with van der Waals surface area (Å²) >= 11 is 0. The van der Waals surface area contributed by atoms with Gasteiger partial charge in [0.2, 0.25) is 6.73 Å². The smallest absolute Gasteiger partial charge is 0.313 e. The standard InChI is InChI=1S/C36H49F2N5O3/c1-6-17-43(18-7-2,19-8-3)24-46-35(44)26-9-12-29(13-10-26)36(5,45)31-14-11-28(23-40-31)30-20-25(4)21-33(41-30)42-32-22-27(34(37)38)15-16-39-32/h11,14-16,20-23,26,29,34H,6-10,12-13,17-19,24H2,1-5H3,(H,39,41,42)/t26?,29?,36-/m1/s1. The van der Waals surface area contributed by atoms with Crippen LogP contribution in [0.2, 0.25) is 0 Å². The lowest BCUT2D eigenvalue weighted by Gasteiger charge is -2.46. The average Bonchev–Trinajstić information content (AvgIpc) is 3.04. The molecular formula is C36H49F2N5O3. The quantitative estimate of drug-likeness (QED) is 0.105. The Balaban J connectivity index is 1.38. The number of aryl methyl sites for hydroxylation is 1. The van der Waals surface area contributed by atoms with Gasteiger partial charge in [0, 0.05) is 29.2 Å². The number of aromatic nitrogens is 3. The molecule has 3 aromatic heterocycles. The monoisotopic (exact) mass is 637 g/mol. The van der Waals surface area contributed by atoms with E-state index in [0.29, 0.717) is 49.6 Å². The fourth-order valence-electron chi connectivity index (χ4n) is 6.86. The van der Waals surface area contributed by atoms with Crippen LogP contribution in [0.15, 0.2) is 48.8 Å². The fraction of sp³-hybridized carbons (Fsp3) is 0.556. The Hall–Kier alpha value is -3.50. The van der Waals surface area contributed by atoms with Gasteiger partial charge in [-0.05, 0) is 86.9 Å². The number of hydrogen-bond donors (Lipinski definition) is 1. The molecule has 8 nitrogen and oxygen atoms in total. The van der Waals surface area contributed by atoms with E-state index in [1.165, 1.54) is 18.3 Å². The van der Waals surface area contributed by atoms with Crippen molar-refractivity contribution in [3.8, 4) is 11.3 Å². The Bertz CT molecular complexity index is 1410. The van der Waals surface area contributed by atoms with Gasteiger partial charge in [-0.3, -0.25) is 14.3 Å². The molecule has 3 aromatic rings. The molecule has 0 bridgehead atoms. The maximum Gasteiger partial charge on any atom is 0.313 e. The maximum atomic E-state index is 14.0. The molecule has 4 rings (SSSR count). The number of nitrogens with zero attached hydrogens (tertiary/aromatic N) is 4. The first kappa shape index (κ1) is 35.4. The number of halogens is 2. The predicted octanol–water partition coefficient (Wildman–Crippen LogP) is 7.46. The SMILES string of the molecule is CCC[N+](CCC)(CCC)COC(=O)C1CCC([C@@](C)([O-])c2ccc(-c3cc(C)cc(Nc4cc(C(F)F)ccn4)n3)cn2)CC1. The predicted molar refractivity (Wildman–Crippen MR) is 174 cm³/mol. The van der Waals surface area contributed by atoms with E-state index in [1.54, 1.807) is 25.3 Å². The molecule has 1 fully saturated rings. The number of hydrogen-bond acceptors (Lipinski definition) is 7. The Morgan fingerprint density at radius 2 is 1.67 bits per heavy atom. The van der Waals surface area contributed by atoms with Crippen LogP contribution in [0.3, 0.4) is 0 Å². The molecule has 1 aliphatic carbocycles. The van der Waals surface area contributed by atoms with Crippen molar-refractivity contribution in [2.45, 2.75) is 91.6 Å². The molecule has 250 valence electrons. The molecule has 46 heavy (non-hydrogen) atoms. The zero-order chi connectivity index (χ0) is 33.3. The summed E-state index contributed by atoms with van der Waals surface area (Å²) in [6, 6.07) is 9.89. The average molecular weight is 638 g/mol. The summed E-state index contributed by atoms with van der Waals surface area (Å²) in [5.41, 5.74) is 1.21. The molecule has 0 spiro atoms. The Labute approximate surface area is 272 Å². The molecular weight excluding hydrogens is 588 g/mol. The zero-order valence-corrected chi connectivity index (χ0v) is 27.9. The van der Waals surface area contributed by atoms with Crippen molar-refractivity contribution in [3.63, 3.8) is 0 Å². The van der Waals surface area contributed by atoms with Crippen LogP contribution in [0.4, 0.5) is 20.4 Å². The molecule has 3 heterocycles. The minimum absolute atomic E-state index is 0.123. The van der Waals surface area contributed by atoms with Crippen molar-refractivity contribution in [3.05, 3.63) is 65.6 Å². The van der Waals surface area contributed by atoms with Gasteiger partial charge < -0.3 is 15.2 Å². The molecule has 0 unspecified atom stereocenters. The summed E-state index contributed by atoms with van der Waals surface area (Å²) in [4.78, 5) is 26.4. The summed E-state index contributed by atoms with van der Waals surface area (Å²) in [5.74, 6) is 0.299. The van der Waals surface area contributed by atoms with Gasteiger partial charge in [-0.2, -0.15) is 0 Å². The number of carbonyl (C=O) groups excluding carboxylic acids is 1. The van der Waals surface area contributed by atoms with E-state index in [2.05, 4.69) is 41.0 Å². The van der Waals surface area contributed by atoms with Gasteiger partial charge in [-0.1, -0.05) is 46.1 Å². The lowest BCUT2D eigenvalue weighted by atomic mass is 9.73. The molecule has 0 saturated heterocycles. The summed E-state index contributed by atoms with van der Waals surface area (Å²) in [7, 11) is 0. The van der Waals surface area contributed by atoms with E-state index < -0.39 is 12.0 Å². The zero-order valence-electron chi connectivity index (χ0n) is 27.9. The first-order valence-corrected chi connectivity index (χ1v) is 16.7. The minimum Gasteiger partial charge on any atom is -0.845 e. The van der Waals surface area contributed by atoms with Gasteiger partial charge in [-0.25, -0.2) is 18.7 Å². The van der Waals surface area contributed by atoms with Crippen molar-refractivity contribution in [1.82, 2.24) is 15.0 Å². The van der Waals surface area contributed by atoms with Crippen LogP contribution < -0.4 is 10.4 Å². The van der Waals surface area contributed by atoms with Crippen LogP contribution in [-0.2, 0) is 15.1 Å². The van der Waals surface area contributed by atoms with Crippen LogP contribution in [0, 0.1) is 18.8 Å². The normalized spacial score (nSPS) is 18.3. The van der Waals surface area contributed by atoms with E-state index >= 15 is 0 Å². The third-order valence-corrected chi connectivity index (χ3v) is 9.24. The summed E-state index contributed by atoms with van der Waals surface area (Å²) < 4.78 is 33.0. The van der Waals surface area contributed by atoms with Crippen molar-refractivity contribution in [1.29, 1.82) is 0 Å². The number of rotatable bonds is 15. The molecule has 0 aliphatic heterocycles. The van der Waals surface area contributed by atoms with Crippen molar-refractivity contribution >= 4 is 17.6 Å².